The van der Waals surface area contributed by atoms with Gasteiger partial charge in [-0.2, -0.15) is 0 Å². The summed E-state index contributed by atoms with van der Waals surface area (Å²) >= 11 is 3.61. The van der Waals surface area contributed by atoms with Gasteiger partial charge in [-0.15, -0.1) is 0 Å². The van der Waals surface area contributed by atoms with E-state index in [1.165, 1.54) is 5.56 Å². The van der Waals surface area contributed by atoms with Crippen molar-refractivity contribution in [3.05, 3.63) is 39.1 Å². The number of fused-ring (bicyclic) bond motifs is 1. The molecule has 1 aliphatic heterocycles. The molecule has 3 rings (SSSR count). The minimum Gasteiger partial charge on any atom is -0.384 e. The number of halogens is 1. The fourth-order valence-electron chi connectivity index (χ4n) is 4.38. The van der Waals surface area contributed by atoms with Crippen molar-refractivity contribution in [2.45, 2.75) is 38.7 Å². The molecule has 4 heteroatoms. The summed E-state index contributed by atoms with van der Waals surface area (Å²) in [6.07, 6.45) is 2.87. The first-order chi connectivity index (χ1) is 10.3. The van der Waals surface area contributed by atoms with Gasteiger partial charge in [0.05, 0.1) is 12.2 Å². The molecule has 0 amide bonds. The first-order valence-corrected chi connectivity index (χ1v) is 8.71. The molecule has 0 spiro atoms. The van der Waals surface area contributed by atoms with Gasteiger partial charge in [0.1, 0.15) is 0 Å². The normalized spacial score (nSPS) is 28.4. The Kier molecular flexibility index (Phi) is 3.87. The minimum atomic E-state index is -0.858. The Hall–Kier alpha value is -0.890. The quantitative estimate of drug-likeness (QED) is 0.761. The molecule has 1 unspecified atom stereocenters. The summed E-state index contributed by atoms with van der Waals surface area (Å²) in [5.41, 5.74) is 1.69. The van der Waals surface area contributed by atoms with Crippen LogP contribution in [0.1, 0.15) is 37.8 Å². The lowest BCUT2D eigenvalue weighted by Gasteiger charge is -2.47. The molecule has 22 heavy (non-hydrogen) atoms. The zero-order valence-corrected chi connectivity index (χ0v) is 15.1. The van der Waals surface area contributed by atoms with Crippen molar-refractivity contribution in [2.24, 2.45) is 11.3 Å². The fraction of sp³-hybridized carbons (Fsp3) is 0.611. The van der Waals surface area contributed by atoms with Crippen LogP contribution in [0, 0.1) is 17.9 Å². The predicted molar refractivity (Wildman–Crippen MR) is 92.0 cm³/mol. The standard InChI is InChI=1S/C18H23BrN2O/c1-17(2)11-12-5-6-14(20-3)16(19)15(12)18(17,22)13-7-9-21(4)10-8-13/h5-6,13,22H,7-11H2,1-2,4H3. The number of rotatable bonds is 1. The molecule has 1 atom stereocenters. The highest BCUT2D eigenvalue weighted by molar-refractivity contribution is 9.10. The highest BCUT2D eigenvalue weighted by Crippen LogP contribution is 2.59. The van der Waals surface area contributed by atoms with Crippen molar-refractivity contribution in [3.8, 4) is 0 Å². The molecule has 1 saturated heterocycles. The number of hydrogen-bond donors (Lipinski definition) is 1. The average Bonchev–Trinajstić information content (AvgIpc) is 2.68. The van der Waals surface area contributed by atoms with Crippen LogP contribution in [0.3, 0.4) is 0 Å². The highest BCUT2D eigenvalue weighted by Gasteiger charge is 2.56. The maximum atomic E-state index is 11.8. The van der Waals surface area contributed by atoms with Crippen LogP contribution >= 0.6 is 15.9 Å². The maximum Gasteiger partial charge on any atom is 0.201 e. The van der Waals surface area contributed by atoms with Crippen molar-refractivity contribution in [1.82, 2.24) is 4.90 Å². The Morgan fingerprint density at radius 1 is 1.32 bits per heavy atom. The summed E-state index contributed by atoms with van der Waals surface area (Å²) < 4.78 is 0.798. The Morgan fingerprint density at radius 2 is 1.95 bits per heavy atom. The molecular weight excluding hydrogens is 340 g/mol. The van der Waals surface area contributed by atoms with Crippen molar-refractivity contribution in [1.29, 1.82) is 0 Å². The van der Waals surface area contributed by atoms with E-state index in [1.807, 2.05) is 12.1 Å². The molecule has 2 aliphatic rings. The second-order valence-corrected chi connectivity index (χ2v) is 8.24. The van der Waals surface area contributed by atoms with Gasteiger partial charge in [-0.1, -0.05) is 41.9 Å². The molecule has 118 valence electrons. The lowest BCUT2D eigenvalue weighted by atomic mass is 9.65. The van der Waals surface area contributed by atoms with Crippen molar-refractivity contribution in [2.75, 3.05) is 20.1 Å². The van der Waals surface area contributed by atoms with Crippen molar-refractivity contribution in [3.63, 3.8) is 0 Å². The van der Waals surface area contributed by atoms with Crippen molar-refractivity contribution < 1.29 is 5.11 Å². The summed E-state index contributed by atoms with van der Waals surface area (Å²) in [6, 6.07) is 3.90. The van der Waals surface area contributed by atoms with Gasteiger partial charge in [-0.25, -0.2) is 4.85 Å². The molecule has 3 nitrogen and oxygen atoms in total. The van der Waals surface area contributed by atoms with E-state index in [0.717, 1.165) is 42.4 Å². The lowest BCUT2D eigenvalue weighted by Crippen LogP contribution is -2.49. The van der Waals surface area contributed by atoms with Crippen LogP contribution in [0.5, 0.6) is 0 Å². The third-order valence-corrected chi connectivity index (χ3v) is 6.49. The van der Waals surface area contributed by atoms with Crippen LogP contribution in [-0.2, 0) is 12.0 Å². The first-order valence-electron chi connectivity index (χ1n) is 7.91. The fourth-order valence-corrected chi connectivity index (χ4v) is 5.16. The molecule has 1 heterocycles. The summed E-state index contributed by atoms with van der Waals surface area (Å²) in [6.45, 7) is 13.7. The van der Waals surface area contributed by atoms with E-state index >= 15 is 0 Å². The van der Waals surface area contributed by atoms with Gasteiger partial charge < -0.3 is 10.0 Å². The zero-order valence-electron chi connectivity index (χ0n) is 13.5. The van der Waals surface area contributed by atoms with Gasteiger partial charge in [0.2, 0.25) is 5.69 Å². The molecule has 0 saturated carbocycles. The first kappa shape index (κ1) is 16.0. The van der Waals surface area contributed by atoms with Crippen LogP contribution < -0.4 is 0 Å². The van der Waals surface area contributed by atoms with E-state index < -0.39 is 5.60 Å². The molecular formula is C18H23BrN2O. The number of nitrogens with zero attached hydrogens (tertiary/aromatic N) is 2. The smallest absolute Gasteiger partial charge is 0.201 e. The van der Waals surface area contributed by atoms with E-state index in [9.17, 15) is 5.11 Å². The maximum absolute atomic E-state index is 11.8. The number of likely N-dealkylation sites (tertiary alicyclic amines) is 1. The molecule has 1 N–H and O–H groups in total. The largest absolute Gasteiger partial charge is 0.384 e. The summed E-state index contributed by atoms with van der Waals surface area (Å²) in [5, 5.41) is 11.8. The number of benzene rings is 1. The molecule has 0 aromatic heterocycles. The molecule has 1 aromatic carbocycles. The minimum absolute atomic E-state index is 0.209. The molecule has 1 aliphatic carbocycles. The Bertz CT molecular complexity index is 641. The topological polar surface area (TPSA) is 27.8 Å². The number of hydrogen-bond acceptors (Lipinski definition) is 2. The van der Waals surface area contributed by atoms with Crippen LogP contribution in [0.4, 0.5) is 5.69 Å². The summed E-state index contributed by atoms with van der Waals surface area (Å²) in [5.74, 6) is 0.247. The third kappa shape index (κ3) is 2.14. The predicted octanol–water partition coefficient (Wildman–Crippen LogP) is 4.11. The van der Waals surface area contributed by atoms with Gasteiger partial charge in [-0.3, -0.25) is 0 Å². The number of piperidine rings is 1. The Balaban J connectivity index is 2.13. The van der Waals surface area contributed by atoms with E-state index in [4.69, 9.17) is 6.57 Å². The van der Waals surface area contributed by atoms with E-state index in [-0.39, 0.29) is 11.3 Å². The van der Waals surface area contributed by atoms with E-state index in [2.05, 4.69) is 46.6 Å². The van der Waals surface area contributed by atoms with Crippen molar-refractivity contribution >= 4 is 21.6 Å². The molecule has 0 bridgehead atoms. The van der Waals surface area contributed by atoms with Gasteiger partial charge in [0, 0.05) is 9.89 Å². The Labute approximate surface area is 141 Å². The second kappa shape index (κ2) is 5.33. The second-order valence-electron chi connectivity index (χ2n) is 7.45. The van der Waals surface area contributed by atoms with Crippen LogP contribution in [-0.4, -0.2) is 30.1 Å². The van der Waals surface area contributed by atoms with E-state index in [0.29, 0.717) is 5.69 Å². The Morgan fingerprint density at radius 3 is 2.55 bits per heavy atom. The van der Waals surface area contributed by atoms with Crippen LogP contribution in [0.25, 0.3) is 4.85 Å². The van der Waals surface area contributed by atoms with Crippen LogP contribution in [0.15, 0.2) is 16.6 Å². The third-order valence-electron chi connectivity index (χ3n) is 5.68. The van der Waals surface area contributed by atoms with Gasteiger partial charge in [-0.05, 0) is 56.4 Å². The monoisotopic (exact) mass is 362 g/mol. The average molecular weight is 363 g/mol. The summed E-state index contributed by atoms with van der Waals surface area (Å²) in [7, 11) is 2.14. The van der Waals surface area contributed by atoms with Crippen LogP contribution in [0.2, 0.25) is 0 Å². The van der Waals surface area contributed by atoms with E-state index in [1.54, 1.807) is 0 Å². The lowest BCUT2D eigenvalue weighted by molar-refractivity contribution is -0.121. The highest BCUT2D eigenvalue weighted by atomic mass is 79.9. The molecule has 1 aromatic rings. The molecule has 0 radical (unpaired) electrons. The zero-order chi connectivity index (χ0) is 16.1. The summed E-state index contributed by atoms with van der Waals surface area (Å²) in [4.78, 5) is 5.93. The van der Waals surface area contributed by atoms with Gasteiger partial charge in [0.15, 0.2) is 0 Å². The molecule has 1 fully saturated rings. The number of aliphatic hydroxyl groups is 1. The van der Waals surface area contributed by atoms with Gasteiger partial charge in [0.25, 0.3) is 0 Å². The SMILES string of the molecule is [C-]#[N+]c1ccc2c(c1Br)C(O)(C1CCN(C)CC1)C(C)(C)C2. The van der Waals surface area contributed by atoms with Gasteiger partial charge >= 0.3 is 0 Å².